The molecule has 0 amide bonds. The van der Waals surface area contributed by atoms with Crippen LogP contribution in [0, 0.1) is 0 Å². The van der Waals surface area contributed by atoms with Crippen molar-refractivity contribution in [1.29, 1.82) is 0 Å². The van der Waals surface area contributed by atoms with Crippen molar-refractivity contribution < 1.29 is 0 Å². The second kappa shape index (κ2) is 6.28. The minimum atomic E-state index is -0.0130. The summed E-state index contributed by atoms with van der Waals surface area (Å²) in [6.45, 7) is 0.684. The van der Waals surface area contributed by atoms with E-state index in [9.17, 15) is 4.79 Å². The molecule has 6 nitrogen and oxygen atoms in total. The van der Waals surface area contributed by atoms with Crippen LogP contribution in [-0.4, -0.2) is 31.1 Å². The van der Waals surface area contributed by atoms with Crippen LogP contribution in [0.15, 0.2) is 40.5 Å². The fourth-order valence-corrected chi connectivity index (χ4v) is 5.13. The normalized spacial score (nSPS) is 17.1. The topological polar surface area (TPSA) is 55.4 Å². The summed E-state index contributed by atoms with van der Waals surface area (Å²) >= 11 is 1.47. The number of nitrogens with zero attached hydrogens (tertiary/aromatic N) is 5. The second-order valence-electron chi connectivity index (χ2n) is 7.27. The Kier molecular flexibility index (Phi) is 3.87. The first kappa shape index (κ1) is 16.6. The Morgan fingerprint density at radius 1 is 1.26 bits per heavy atom. The highest BCUT2D eigenvalue weighted by Crippen LogP contribution is 2.34. The number of rotatable bonds is 3. The highest BCUT2D eigenvalue weighted by molar-refractivity contribution is 7.17. The van der Waals surface area contributed by atoms with Crippen molar-refractivity contribution in [3.63, 3.8) is 0 Å². The minimum Gasteiger partial charge on any atom is -0.292 e. The van der Waals surface area contributed by atoms with Crippen LogP contribution >= 0.6 is 11.3 Å². The lowest BCUT2D eigenvalue weighted by molar-refractivity contribution is 0.208. The van der Waals surface area contributed by atoms with Crippen LogP contribution in [-0.2, 0) is 20.0 Å². The van der Waals surface area contributed by atoms with Gasteiger partial charge in [0.25, 0.3) is 5.56 Å². The highest BCUT2D eigenvalue weighted by atomic mass is 32.1. The zero-order chi connectivity index (χ0) is 18.5. The monoisotopic (exact) mass is 379 g/mol. The number of thiophene rings is 1. The molecule has 0 bridgehead atoms. The van der Waals surface area contributed by atoms with Crippen LogP contribution in [0.3, 0.4) is 0 Å². The van der Waals surface area contributed by atoms with Crippen LogP contribution in [0.4, 0.5) is 0 Å². The summed E-state index contributed by atoms with van der Waals surface area (Å²) in [5.41, 5.74) is 3.76. The van der Waals surface area contributed by atoms with Crippen molar-refractivity contribution in [2.75, 3.05) is 7.05 Å². The van der Waals surface area contributed by atoms with Gasteiger partial charge in [0.15, 0.2) is 5.82 Å². The van der Waals surface area contributed by atoms with E-state index in [2.05, 4.69) is 46.4 Å². The average Bonchev–Trinajstić information content (AvgIpc) is 3.32. The quantitative estimate of drug-likeness (QED) is 0.549. The molecule has 3 aromatic heterocycles. The van der Waals surface area contributed by atoms with Gasteiger partial charge in [0.1, 0.15) is 4.70 Å². The second-order valence-corrected chi connectivity index (χ2v) is 8.19. The number of fused-ring (bicyclic) bond motifs is 4. The predicted octanol–water partition coefficient (Wildman–Crippen LogP) is 3.15. The number of benzene rings is 1. The van der Waals surface area contributed by atoms with Crippen LogP contribution in [0.5, 0.6) is 0 Å². The van der Waals surface area contributed by atoms with Gasteiger partial charge < -0.3 is 0 Å². The van der Waals surface area contributed by atoms with Gasteiger partial charge in [-0.1, -0.05) is 24.3 Å². The Morgan fingerprint density at radius 3 is 3.00 bits per heavy atom. The van der Waals surface area contributed by atoms with E-state index in [0.717, 1.165) is 28.9 Å². The maximum absolute atomic E-state index is 12.5. The summed E-state index contributed by atoms with van der Waals surface area (Å²) in [5.74, 6) is 1.47. The summed E-state index contributed by atoms with van der Waals surface area (Å²) in [6, 6.07) is 11.1. The molecular formula is C20H21N5OS. The lowest BCUT2D eigenvalue weighted by Gasteiger charge is -2.32. The van der Waals surface area contributed by atoms with Gasteiger partial charge in [0.2, 0.25) is 5.78 Å². The van der Waals surface area contributed by atoms with E-state index in [1.54, 1.807) is 11.6 Å². The summed E-state index contributed by atoms with van der Waals surface area (Å²) in [6.07, 6.45) is 3.51. The molecule has 0 radical (unpaired) electrons. The number of aryl methyl sites for hydroxylation is 2. The fraction of sp³-hybridized carbons (Fsp3) is 0.350. The Labute approximate surface area is 160 Å². The third-order valence-corrected chi connectivity index (χ3v) is 6.55. The predicted molar refractivity (Wildman–Crippen MR) is 107 cm³/mol. The first-order valence-corrected chi connectivity index (χ1v) is 10.1. The van der Waals surface area contributed by atoms with Crippen molar-refractivity contribution in [3.05, 3.63) is 63.0 Å². The number of aromatic nitrogens is 4. The molecule has 1 aliphatic rings. The zero-order valence-corrected chi connectivity index (χ0v) is 16.2. The first-order chi connectivity index (χ1) is 13.1. The molecule has 0 fully saturated rings. The Hall–Kier alpha value is -2.51. The zero-order valence-electron chi connectivity index (χ0n) is 15.4. The van der Waals surface area contributed by atoms with Crippen molar-refractivity contribution in [1.82, 2.24) is 24.1 Å². The van der Waals surface area contributed by atoms with Crippen molar-refractivity contribution in [3.8, 4) is 0 Å². The molecule has 5 rings (SSSR count). The van der Waals surface area contributed by atoms with Crippen LogP contribution < -0.4 is 5.56 Å². The van der Waals surface area contributed by atoms with Crippen molar-refractivity contribution in [2.45, 2.75) is 31.8 Å². The van der Waals surface area contributed by atoms with E-state index in [1.165, 1.54) is 28.9 Å². The molecule has 7 heteroatoms. The molecule has 27 heavy (non-hydrogen) atoms. The van der Waals surface area contributed by atoms with Crippen LogP contribution in [0.25, 0.3) is 16.0 Å². The van der Waals surface area contributed by atoms with E-state index < -0.39 is 0 Å². The molecular weight excluding hydrogens is 358 g/mol. The van der Waals surface area contributed by atoms with Crippen LogP contribution in [0.1, 0.15) is 35.8 Å². The van der Waals surface area contributed by atoms with E-state index in [0.29, 0.717) is 18.4 Å². The van der Waals surface area contributed by atoms with Crippen molar-refractivity contribution in [2.24, 2.45) is 7.05 Å². The molecule has 0 N–H and O–H groups in total. The maximum atomic E-state index is 12.5. The van der Waals surface area contributed by atoms with Gasteiger partial charge in [-0.05, 0) is 48.9 Å². The lowest BCUT2D eigenvalue weighted by atomic mass is 9.87. The van der Waals surface area contributed by atoms with E-state index in [-0.39, 0.29) is 5.56 Å². The summed E-state index contributed by atoms with van der Waals surface area (Å²) in [7, 11) is 3.91. The molecule has 1 atom stereocenters. The van der Waals surface area contributed by atoms with Gasteiger partial charge in [-0.15, -0.1) is 21.5 Å². The highest BCUT2D eigenvalue weighted by Gasteiger charge is 2.25. The molecule has 0 aliphatic heterocycles. The largest absolute Gasteiger partial charge is 0.292 e. The third-order valence-electron chi connectivity index (χ3n) is 5.66. The van der Waals surface area contributed by atoms with Crippen molar-refractivity contribution >= 4 is 27.3 Å². The molecule has 1 aliphatic carbocycles. The molecule has 4 aromatic rings. The Balaban J connectivity index is 1.57. The number of hydrogen-bond donors (Lipinski definition) is 0. The molecule has 0 saturated heterocycles. The SMILES string of the molecule is CN(Cc1nnc2n(C)c(=O)c3sccc3n12)C1CCCc2ccccc21. The number of hydrogen-bond acceptors (Lipinski definition) is 5. The maximum Gasteiger partial charge on any atom is 0.272 e. The van der Waals surface area contributed by atoms with E-state index in [1.807, 2.05) is 15.8 Å². The summed E-state index contributed by atoms with van der Waals surface area (Å²) < 4.78 is 4.36. The van der Waals surface area contributed by atoms with Gasteiger partial charge in [-0.25, -0.2) is 0 Å². The standard InChI is InChI=1S/C20H21N5OS/c1-23(15-9-5-7-13-6-3-4-8-14(13)15)12-17-21-22-20-24(2)19(26)18-16(25(17)20)10-11-27-18/h3-4,6,8,10-11,15H,5,7,9,12H2,1-2H3. The minimum absolute atomic E-state index is 0.0130. The van der Waals surface area contributed by atoms with Crippen LogP contribution in [0.2, 0.25) is 0 Å². The van der Waals surface area contributed by atoms with Gasteiger partial charge in [-0.2, -0.15) is 0 Å². The summed E-state index contributed by atoms with van der Waals surface area (Å²) in [4.78, 5) is 14.9. The average molecular weight is 379 g/mol. The third kappa shape index (κ3) is 2.53. The lowest BCUT2D eigenvalue weighted by Crippen LogP contribution is -2.28. The van der Waals surface area contributed by atoms with Gasteiger partial charge in [0, 0.05) is 13.1 Å². The molecule has 1 aromatic carbocycles. The van der Waals surface area contributed by atoms with E-state index >= 15 is 0 Å². The van der Waals surface area contributed by atoms with Gasteiger partial charge in [-0.3, -0.25) is 18.7 Å². The van der Waals surface area contributed by atoms with E-state index in [4.69, 9.17) is 0 Å². The summed E-state index contributed by atoms with van der Waals surface area (Å²) in [5, 5.41) is 10.7. The first-order valence-electron chi connectivity index (χ1n) is 9.23. The Morgan fingerprint density at radius 2 is 2.11 bits per heavy atom. The molecule has 138 valence electrons. The Bertz CT molecular complexity index is 1200. The van der Waals surface area contributed by atoms with Gasteiger partial charge >= 0.3 is 0 Å². The smallest absolute Gasteiger partial charge is 0.272 e. The molecule has 3 heterocycles. The van der Waals surface area contributed by atoms with Gasteiger partial charge in [0.05, 0.1) is 12.1 Å². The molecule has 1 unspecified atom stereocenters. The molecule has 0 saturated carbocycles. The molecule has 0 spiro atoms. The fourth-order valence-electron chi connectivity index (χ4n) is 4.27.